The fourth-order valence-electron chi connectivity index (χ4n) is 2.63. The lowest BCUT2D eigenvalue weighted by atomic mass is 10.2. The normalized spacial score (nSPS) is 14.3. The topological polar surface area (TPSA) is 82.2 Å². The molecule has 0 aliphatic carbocycles. The number of halogens is 3. The third kappa shape index (κ3) is 4.60. The summed E-state index contributed by atoms with van der Waals surface area (Å²) < 4.78 is 0. The largest absolute Gasteiger partial charge is 0.352 e. The minimum atomic E-state index is -0.244. The number of amides is 1. The smallest absolute Gasteiger partial charge is 0.276 e. The maximum atomic E-state index is 12.1. The molecule has 0 bridgehead atoms. The van der Waals surface area contributed by atoms with Crippen molar-refractivity contribution < 1.29 is 4.79 Å². The summed E-state index contributed by atoms with van der Waals surface area (Å²) in [4.78, 5) is 23.8. The Morgan fingerprint density at radius 3 is 2.85 bits per heavy atom. The molecular weight excluding hydrogens is 409 g/mol. The molecule has 1 aliphatic heterocycles. The second kappa shape index (κ2) is 8.90. The lowest BCUT2D eigenvalue weighted by Crippen LogP contribution is -2.35. The molecule has 3 aromatic rings. The predicted octanol–water partition coefficient (Wildman–Crippen LogP) is 3.68. The minimum Gasteiger partial charge on any atom is -0.352 e. The quantitative estimate of drug-likeness (QED) is 0.561. The number of benzene rings is 1. The van der Waals surface area contributed by atoms with E-state index in [1.165, 1.54) is 0 Å². The Hall–Kier alpha value is -2.54. The first kappa shape index (κ1) is 20.8. The Bertz CT molecular complexity index is 1030. The molecule has 3 N–H and O–H groups in total. The summed E-state index contributed by atoms with van der Waals surface area (Å²) in [5.74, 6) is 0.182. The van der Waals surface area contributed by atoms with E-state index in [0.717, 1.165) is 22.2 Å². The average Bonchev–Trinajstić information content (AvgIpc) is 3.18. The van der Waals surface area contributed by atoms with E-state index < -0.39 is 0 Å². The highest BCUT2D eigenvalue weighted by molar-refractivity contribution is 6.30. The summed E-state index contributed by atoms with van der Waals surface area (Å²) in [6, 6.07) is 11.3. The number of hydrogen-bond acceptors (Lipinski definition) is 4. The zero-order valence-electron chi connectivity index (χ0n) is 13.9. The number of aromatic amines is 1. The van der Waals surface area contributed by atoms with Crippen LogP contribution in [0.2, 0.25) is 5.02 Å². The molecule has 0 saturated carbocycles. The molecule has 0 saturated heterocycles. The lowest BCUT2D eigenvalue weighted by molar-refractivity contribution is -0.115. The van der Waals surface area contributed by atoms with Crippen molar-refractivity contribution >= 4 is 65.4 Å². The number of aromatic nitrogens is 2. The van der Waals surface area contributed by atoms with Crippen molar-refractivity contribution in [1.29, 1.82) is 0 Å². The molecule has 140 valence electrons. The Morgan fingerprint density at radius 2 is 2.04 bits per heavy atom. The van der Waals surface area contributed by atoms with Crippen LogP contribution in [0.25, 0.3) is 17.1 Å². The average molecular weight is 425 g/mol. The first-order chi connectivity index (χ1) is 12.2. The van der Waals surface area contributed by atoms with Crippen LogP contribution < -0.4 is 10.6 Å². The van der Waals surface area contributed by atoms with Crippen molar-refractivity contribution in [3.63, 3.8) is 0 Å². The number of carbonyl (C=O) groups excluding carboxylic acids is 1. The number of fused-ring (bicyclic) bond motifs is 1. The van der Waals surface area contributed by atoms with Gasteiger partial charge in [0.25, 0.3) is 5.91 Å². The van der Waals surface area contributed by atoms with Gasteiger partial charge in [0, 0.05) is 34.9 Å². The van der Waals surface area contributed by atoms with E-state index >= 15 is 0 Å². The summed E-state index contributed by atoms with van der Waals surface area (Å²) >= 11 is 5.97. The fourth-order valence-corrected chi connectivity index (χ4v) is 2.84. The highest BCUT2D eigenvalue weighted by Crippen LogP contribution is 2.20. The van der Waals surface area contributed by atoms with Crippen molar-refractivity contribution in [2.24, 2.45) is 4.99 Å². The SMILES string of the molecule is Cl.Cl.O=C1NC(NCc2cccc(Cl)c2)=N/C1=C\c1c[nH]c2ncccc12. The van der Waals surface area contributed by atoms with E-state index in [-0.39, 0.29) is 30.7 Å². The molecule has 4 rings (SSSR count). The van der Waals surface area contributed by atoms with Gasteiger partial charge in [0.05, 0.1) is 0 Å². The van der Waals surface area contributed by atoms with E-state index in [0.29, 0.717) is 23.2 Å². The van der Waals surface area contributed by atoms with Crippen molar-refractivity contribution in [2.75, 3.05) is 0 Å². The van der Waals surface area contributed by atoms with Gasteiger partial charge in [-0.25, -0.2) is 9.98 Å². The lowest BCUT2D eigenvalue weighted by Gasteiger charge is -2.05. The van der Waals surface area contributed by atoms with Crippen LogP contribution >= 0.6 is 36.4 Å². The number of nitrogens with one attached hydrogen (secondary N) is 3. The maximum Gasteiger partial charge on any atom is 0.276 e. The first-order valence-corrected chi connectivity index (χ1v) is 8.09. The Labute approximate surface area is 172 Å². The maximum absolute atomic E-state index is 12.1. The van der Waals surface area contributed by atoms with Crippen LogP contribution in [-0.2, 0) is 11.3 Å². The van der Waals surface area contributed by atoms with Crippen LogP contribution in [0, 0.1) is 0 Å². The van der Waals surface area contributed by atoms with Crippen LogP contribution in [0.3, 0.4) is 0 Å². The molecule has 6 nitrogen and oxygen atoms in total. The zero-order valence-corrected chi connectivity index (χ0v) is 16.3. The third-order valence-electron chi connectivity index (χ3n) is 3.82. The number of carbonyl (C=O) groups is 1. The van der Waals surface area contributed by atoms with Crippen LogP contribution in [0.5, 0.6) is 0 Å². The fraction of sp³-hybridized carbons (Fsp3) is 0.0556. The molecule has 1 aliphatic rings. The van der Waals surface area contributed by atoms with E-state index in [1.54, 1.807) is 12.3 Å². The molecule has 1 amide bonds. The predicted molar refractivity (Wildman–Crippen MR) is 112 cm³/mol. The van der Waals surface area contributed by atoms with Crippen LogP contribution in [0.15, 0.2) is 59.5 Å². The monoisotopic (exact) mass is 423 g/mol. The second-order valence-corrected chi connectivity index (χ2v) is 6.01. The van der Waals surface area contributed by atoms with Crippen molar-refractivity contribution in [3.05, 3.63) is 70.6 Å². The first-order valence-electron chi connectivity index (χ1n) is 7.71. The Morgan fingerprint density at radius 1 is 1.19 bits per heavy atom. The standard InChI is InChI=1S/C18H14ClN5O.2ClH/c19-13-4-1-3-11(7-13)9-22-18-23-15(17(25)24-18)8-12-10-21-16-14(12)5-2-6-20-16;;/h1-8,10H,9H2,(H,20,21)(H2,22,23,24,25);2*1H/b15-8-;;. The second-order valence-electron chi connectivity index (χ2n) is 5.57. The number of rotatable bonds is 3. The van der Waals surface area contributed by atoms with E-state index in [2.05, 4.69) is 25.6 Å². The van der Waals surface area contributed by atoms with Gasteiger partial charge in [-0.05, 0) is 35.9 Å². The van der Waals surface area contributed by atoms with Gasteiger partial charge in [-0.3, -0.25) is 10.1 Å². The molecule has 9 heteroatoms. The molecule has 0 unspecified atom stereocenters. The van der Waals surface area contributed by atoms with Gasteiger partial charge in [-0.1, -0.05) is 23.7 Å². The summed E-state index contributed by atoms with van der Waals surface area (Å²) in [5, 5.41) is 7.44. The highest BCUT2D eigenvalue weighted by atomic mass is 35.5. The summed E-state index contributed by atoms with van der Waals surface area (Å²) in [6.45, 7) is 0.518. The van der Waals surface area contributed by atoms with Gasteiger partial charge in [-0.2, -0.15) is 0 Å². The summed E-state index contributed by atoms with van der Waals surface area (Å²) in [5.41, 5.74) is 2.99. The van der Waals surface area contributed by atoms with E-state index in [9.17, 15) is 4.79 Å². The minimum absolute atomic E-state index is 0. The molecule has 27 heavy (non-hydrogen) atoms. The molecule has 0 spiro atoms. The van der Waals surface area contributed by atoms with Gasteiger partial charge < -0.3 is 10.3 Å². The summed E-state index contributed by atoms with van der Waals surface area (Å²) in [6.07, 6.45) is 5.27. The molecule has 0 radical (unpaired) electrons. The van der Waals surface area contributed by atoms with Crippen molar-refractivity contribution in [3.8, 4) is 0 Å². The van der Waals surface area contributed by atoms with E-state index in [1.807, 2.05) is 42.6 Å². The Balaban J connectivity index is 0.00000131. The van der Waals surface area contributed by atoms with Gasteiger partial charge in [-0.15, -0.1) is 24.8 Å². The van der Waals surface area contributed by atoms with Crippen molar-refractivity contribution in [1.82, 2.24) is 20.6 Å². The summed E-state index contributed by atoms with van der Waals surface area (Å²) in [7, 11) is 0. The third-order valence-corrected chi connectivity index (χ3v) is 4.06. The molecule has 0 fully saturated rings. The van der Waals surface area contributed by atoms with Gasteiger partial charge >= 0.3 is 0 Å². The van der Waals surface area contributed by atoms with Gasteiger partial charge in [0.1, 0.15) is 11.3 Å². The number of guanidine groups is 1. The number of H-pyrrole nitrogens is 1. The zero-order chi connectivity index (χ0) is 17.2. The van der Waals surface area contributed by atoms with Crippen LogP contribution in [0.1, 0.15) is 11.1 Å². The molecule has 0 atom stereocenters. The van der Waals surface area contributed by atoms with Gasteiger partial charge in [0.2, 0.25) is 5.96 Å². The van der Waals surface area contributed by atoms with E-state index in [4.69, 9.17) is 11.6 Å². The number of nitrogens with zero attached hydrogens (tertiary/aromatic N) is 2. The van der Waals surface area contributed by atoms with Crippen molar-refractivity contribution in [2.45, 2.75) is 6.54 Å². The molecule has 2 aromatic heterocycles. The van der Waals surface area contributed by atoms with Gasteiger partial charge in [0.15, 0.2) is 0 Å². The molecule has 1 aromatic carbocycles. The van der Waals surface area contributed by atoms with Crippen LogP contribution in [-0.4, -0.2) is 21.8 Å². The number of pyridine rings is 1. The molecule has 3 heterocycles. The highest BCUT2D eigenvalue weighted by Gasteiger charge is 2.20. The number of aliphatic imine (C=N–C) groups is 1. The van der Waals surface area contributed by atoms with Crippen LogP contribution in [0.4, 0.5) is 0 Å². The number of hydrogen-bond donors (Lipinski definition) is 3. The molecular formula is C18H16Cl3N5O. The Kier molecular flexibility index (Phi) is 6.85.